The highest BCUT2D eigenvalue weighted by atomic mass is 16.7. The van der Waals surface area contributed by atoms with Gasteiger partial charge in [0.05, 0.1) is 13.2 Å². The molecule has 9 unspecified atom stereocenters. The minimum atomic E-state index is -0.0775. The highest BCUT2D eigenvalue weighted by molar-refractivity contribution is 5.87. The van der Waals surface area contributed by atoms with E-state index in [1.54, 1.807) is 0 Å². The van der Waals surface area contributed by atoms with Crippen LogP contribution < -0.4 is 0 Å². The molecular weight excluding hydrogens is 492 g/mol. The van der Waals surface area contributed by atoms with E-state index >= 15 is 0 Å². The Kier molecular flexibility index (Phi) is 8.99. The van der Waals surface area contributed by atoms with Gasteiger partial charge in [-0.25, -0.2) is 0 Å². The predicted molar refractivity (Wildman–Crippen MR) is 165 cm³/mol. The van der Waals surface area contributed by atoms with Gasteiger partial charge in [0, 0.05) is 17.3 Å². The summed E-state index contributed by atoms with van der Waals surface area (Å²) >= 11 is 0. The molecule has 0 aromatic heterocycles. The first kappa shape index (κ1) is 31.0. The Bertz CT molecular complexity index is 884. The first-order valence-corrected chi connectivity index (χ1v) is 17.5. The Hall–Kier alpha value is -0.410. The van der Waals surface area contributed by atoms with Crippen molar-refractivity contribution in [2.45, 2.75) is 152 Å². The minimum absolute atomic E-state index is 0.0543. The summed E-state index contributed by atoms with van der Waals surface area (Å²) < 4.78 is 12.0. The Morgan fingerprint density at radius 2 is 1.57 bits per heavy atom. The van der Waals surface area contributed by atoms with Crippen molar-refractivity contribution in [1.29, 1.82) is 0 Å². The first-order chi connectivity index (χ1) is 18.8. The van der Waals surface area contributed by atoms with Gasteiger partial charge in [0.15, 0.2) is 6.29 Å². The third-order valence-electron chi connectivity index (χ3n) is 13.6. The van der Waals surface area contributed by atoms with E-state index in [1.807, 2.05) is 0 Å². The summed E-state index contributed by atoms with van der Waals surface area (Å²) in [5.41, 5.74) is 0.705. The smallest absolute Gasteiger partial charge is 0.157 e. The number of carbonyl (C=O) groups excluding carboxylic acids is 1. The van der Waals surface area contributed by atoms with Crippen LogP contribution in [-0.2, 0) is 14.3 Å². The molecule has 0 radical (unpaired) electrons. The minimum Gasteiger partial charge on any atom is -0.352 e. The maximum Gasteiger partial charge on any atom is 0.157 e. The molecule has 3 nitrogen and oxygen atoms in total. The fourth-order valence-electron chi connectivity index (χ4n) is 11.2. The lowest BCUT2D eigenvalue weighted by Crippen LogP contribution is -2.58. The summed E-state index contributed by atoms with van der Waals surface area (Å²) in [5, 5.41) is 0. The number of hydrogen-bond donors (Lipinski definition) is 0. The lowest BCUT2D eigenvalue weighted by Gasteiger charge is -2.61. The fraction of sp³-hybridized carbons (Fsp3) is 0.973. The summed E-state index contributed by atoms with van der Waals surface area (Å²) in [6.07, 6.45) is 17.5. The summed E-state index contributed by atoms with van der Waals surface area (Å²) in [7, 11) is 0. The van der Waals surface area contributed by atoms with E-state index in [-0.39, 0.29) is 22.5 Å². The van der Waals surface area contributed by atoms with Gasteiger partial charge in [-0.05, 0) is 116 Å². The number of fused-ring (bicyclic) bond motifs is 5. The topological polar surface area (TPSA) is 35.5 Å². The van der Waals surface area contributed by atoms with E-state index < -0.39 is 0 Å². The molecule has 0 bridgehead atoms. The molecule has 5 rings (SSSR count). The molecule has 0 aromatic rings. The van der Waals surface area contributed by atoms with Crippen molar-refractivity contribution in [3.05, 3.63) is 0 Å². The van der Waals surface area contributed by atoms with Crippen molar-refractivity contribution in [3.8, 4) is 0 Å². The molecule has 9 atom stereocenters. The van der Waals surface area contributed by atoms with Crippen LogP contribution in [0.3, 0.4) is 0 Å². The van der Waals surface area contributed by atoms with Gasteiger partial charge >= 0.3 is 0 Å². The molecule has 1 saturated heterocycles. The first-order valence-electron chi connectivity index (χ1n) is 17.5. The predicted octanol–water partition coefficient (Wildman–Crippen LogP) is 9.86. The van der Waals surface area contributed by atoms with Crippen molar-refractivity contribution >= 4 is 5.78 Å². The number of carbonyl (C=O) groups is 1. The van der Waals surface area contributed by atoms with Crippen LogP contribution in [0.1, 0.15) is 145 Å². The van der Waals surface area contributed by atoms with Crippen molar-refractivity contribution in [1.82, 2.24) is 0 Å². The number of rotatable bonds is 9. The molecule has 4 saturated carbocycles. The van der Waals surface area contributed by atoms with Gasteiger partial charge < -0.3 is 9.47 Å². The molecule has 0 N–H and O–H groups in total. The van der Waals surface area contributed by atoms with E-state index in [0.717, 1.165) is 68.5 Å². The number of hydrogen-bond acceptors (Lipinski definition) is 3. The van der Waals surface area contributed by atoms with Gasteiger partial charge in [-0.15, -0.1) is 0 Å². The Balaban J connectivity index is 1.19. The van der Waals surface area contributed by atoms with Crippen molar-refractivity contribution < 1.29 is 14.3 Å². The summed E-state index contributed by atoms with van der Waals surface area (Å²) in [4.78, 5) is 14.2. The van der Waals surface area contributed by atoms with Crippen LogP contribution in [0, 0.1) is 63.1 Å². The molecule has 1 aliphatic heterocycles. The molecule has 0 amide bonds. The summed E-state index contributed by atoms with van der Waals surface area (Å²) in [6, 6.07) is 0. The average molecular weight is 557 g/mol. The Morgan fingerprint density at radius 3 is 2.27 bits per heavy atom. The van der Waals surface area contributed by atoms with Crippen LogP contribution in [0.25, 0.3) is 0 Å². The Labute approximate surface area is 247 Å². The number of Topliss-reactive ketones (excluding diaryl/α,β-unsaturated/α-hetero) is 1. The second-order valence-corrected chi connectivity index (χ2v) is 17.7. The van der Waals surface area contributed by atoms with E-state index in [9.17, 15) is 4.79 Å². The molecule has 1 heterocycles. The monoisotopic (exact) mass is 556 g/mol. The normalized spacial score (nSPS) is 44.2. The fourth-order valence-corrected chi connectivity index (χ4v) is 11.2. The van der Waals surface area contributed by atoms with Crippen molar-refractivity contribution in [3.63, 3.8) is 0 Å². The van der Waals surface area contributed by atoms with E-state index in [0.29, 0.717) is 23.0 Å². The summed E-state index contributed by atoms with van der Waals surface area (Å²) in [6.45, 7) is 20.8. The molecule has 0 spiro atoms. The second kappa shape index (κ2) is 11.6. The molecule has 5 fully saturated rings. The zero-order valence-electron chi connectivity index (χ0n) is 27.7. The third kappa shape index (κ3) is 5.87. The van der Waals surface area contributed by atoms with Gasteiger partial charge in [0.1, 0.15) is 5.78 Å². The average Bonchev–Trinajstić information content (AvgIpc) is 3.23. The highest BCUT2D eigenvalue weighted by Gasteiger charge is 2.63. The molecule has 4 aliphatic carbocycles. The van der Waals surface area contributed by atoms with Crippen LogP contribution in [0.2, 0.25) is 0 Å². The highest BCUT2D eigenvalue weighted by Crippen LogP contribution is 2.69. The quantitative estimate of drug-likeness (QED) is 0.283. The molecule has 230 valence electrons. The lowest BCUT2D eigenvalue weighted by atomic mass is 9.42. The van der Waals surface area contributed by atoms with Gasteiger partial charge in [-0.3, -0.25) is 4.79 Å². The molecule has 5 aliphatic rings. The molecule has 3 heteroatoms. The lowest BCUT2D eigenvalue weighted by molar-refractivity contribution is -0.224. The Morgan fingerprint density at radius 1 is 0.850 bits per heavy atom. The van der Waals surface area contributed by atoms with Gasteiger partial charge in [-0.2, -0.15) is 0 Å². The van der Waals surface area contributed by atoms with Crippen LogP contribution in [0.5, 0.6) is 0 Å². The van der Waals surface area contributed by atoms with E-state index in [1.165, 1.54) is 64.2 Å². The second-order valence-electron chi connectivity index (χ2n) is 17.7. The molecule has 40 heavy (non-hydrogen) atoms. The largest absolute Gasteiger partial charge is 0.352 e. The zero-order valence-corrected chi connectivity index (χ0v) is 27.7. The van der Waals surface area contributed by atoms with Gasteiger partial charge in [-0.1, -0.05) is 74.7 Å². The third-order valence-corrected chi connectivity index (χ3v) is 13.6. The molecule has 0 aromatic carbocycles. The standard InChI is InChI=1S/C37H64O3/c1-25(2)11-9-12-26(3)29-16-17-30-28-15-14-27-21-35(6,19-10-13-33-39-23-34(4,5)24-40-33)22-32(38)37(27,8)31(28)18-20-36(29,30)7/h25-31,33H,9-24H2,1-8H3. The van der Waals surface area contributed by atoms with Gasteiger partial charge in [0.25, 0.3) is 0 Å². The maximum absolute atomic E-state index is 14.2. The van der Waals surface area contributed by atoms with Gasteiger partial charge in [0.2, 0.25) is 0 Å². The van der Waals surface area contributed by atoms with Crippen LogP contribution in [-0.4, -0.2) is 25.3 Å². The van der Waals surface area contributed by atoms with Crippen LogP contribution in [0.4, 0.5) is 0 Å². The van der Waals surface area contributed by atoms with Crippen LogP contribution >= 0.6 is 0 Å². The van der Waals surface area contributed by atoms with Crippen molar-refractivity contribution in [2.75, 3.05) is 13.2 Å². The number of ketones is 1. The maximum atomic E-state index is 14.2. The van der Waals surface area contributed by atoms with Crippen molar-refractivity contribution in [2.24, 2.45) is 63.1 Å². The molecular formula is C37H64O3. The van der Waals surface area contributed by atoms with E-state index in [2.05, 4.69) is 55.4 Å². The van der Waals surface area contributed by atoms with E-state index in [4.69, 9.17) is 9.47 Å². The summed E-state index contributed by atoms with van der Waals surface area (Å²) in [5.74, 6) is 6.04. The zero-order chi connectivity index (χ0) is 28.9. The SMILES string of the molecule is CC(C)CCCC(C)C1CCC2C3CCC4CC(C)(CCCC5OCC(C)(C)CO5)CC(=O)C4(C)C3CCC12C. The number of ether oxygens (including phenoxy) is 2. The van der Waals surface area contributed by atoms with Crippen LogP contribution in [0.15, 0.2) is 0 Å².